The lowest BCUT2D eigenvalue weighted by molar-refractivity contribution is 0.242. The molecule has 1 atom stereocenters. The third-order valence-corrected chi connectivity index (χ3v) is 2.40. The lowest BCUT2D eigenvalue weighted by atomic mass is 10.2. The van der Waals surface area contributed by atoms with Crippen LogP contribution in [0.1, 0.15) is 32.7 Å². The number of nitrogens with zero attached hydrogens (tertiary/aromatic N) is 1. The van der Waals surface area contributed by atoms with Gasteiger partial charge in [-0.3, -0.25) is 0 Å². The van der Waals surface area contributed by atoms with E-state index in [-0.39, 0.29) is 12.1 Å². The number of aromatic nitrogens is 1. The maximum Gasteiger partial charge on any atom is 0.211 e. The second-order valence-electron chi connectivity index (χ2n) is 4.55. The van der Waals surface area contributed by atoms with E-state index >= 15 is 0 Å². The van der Waals surface area contributed by atoms with E-state index < -0.39 is 0 Å². The number of benzene rings is 1. The Hall–Kier alpha value is -1.81. The zero-order valence-corrected chi connectivity index (χ0v) is 10.9. The van der Waals surface area contributed by atoms with Crippen LogP contribution in [-0.4, -0.2) is 11.1 Å². The lowest BCUT2D eigenvalue weighted by Gasteiger charge is -2.09. The van der Waals surface area contributed by atoms with Crippen molar-refractivity contribution in [3.05, 3.63) is 36.4 Å². The van der Waals surface area contributed by atoms with Gasteiger partial charge in [-0.05, 0) is 32.9 Å². The highest BCUT2D eigenvalue weighted by Gasteiger charge is 2.10. The minimum atomic E-state index is -0.200. The summed E-state index contributed by atoms with van der Waals surface area (Å²) in [5.41, 5.74) is 6.66. The summed E-state index contributed by atoms with van der Waals surface area (Å²) in [7, 11) is 0. The Balaban J connectivity index is 2.26. The van der Waals surface area contributed by atoms with Gasteiger partial charge in [-0.15, -0.1) is 0 Å². The predicted octanol–water partition coefficient (Wildman–Crippen LogP) is 3.15. The highest BCUT2D eigenvalue weighted by Crippen LogP contribution is 2.26. The fourth-order valence-corrected chi connectivity index (χ4v) is 1.63. The normalized spacial score (nSPS) is 12.7. The molecule has 0 saturated heterocycles. The lowest BCUT2D eigenvalue weighted by Crippen LogP contribution is -2.05. The molecule has 2 N–H and O–H groups in total. The molecule has 4 heteroatoms. The molecule has 0 fully saturated rings. The minimum Gasteiger partial charge on any atom is -0.491 e. The summed E-state index contributed by atoms with van der Waals surface area (Å²) in [5, 5.41) is 0. The molecule has 1 aromatic heterocycles. The van der Waals surface area contributed by atoms with Gasteiger partial charge in [0.25, 0.3) is 0 Å². The molecule has 1 heterocycles. The molecule has 0 bridgehead atoms. The first-order chi connectivity index (χ1) is 8.56. The quantitative estimate of drug-likeness (QED) is 0.900. The van der Waals surface area contributed by atoms with Crippen LogP contribution < -0.4 is 10.5 Å². The van der Waals surface area contributed by atoms with E-state index in [0.717, 1.165) is 11.3 Å². The van der Waals surface area contributed by atoms with Crippen LogP contribution in [0, 0.1) is 0 Å². The maximum absolute atomic E-state index is 5.72. The van der Waals surface area contributed by atoms with Gasteiger partial charge in [0.15, 0.2) is 5.76 Å². The van der Waals surface area contributed by atoms with Crippen LogP contribution in [0.25, 0.3) is 11.3 Å². The largest absolute Gasteiger partial charge is 0.491 e. The van der Waals surface area contributed by atoms with Crippen LogP contribution in [0.2, 0.25) is 0 Å². The molecular formula is C14H18N2O2. The van der Waals surface area contributed by atoms with Crippen molar-refractivity contribution < 1.29 is 9.15 Å². The molecule has 0 aliphatic rings. The second-order valence-corrected chi connectivity index (χ2v) is 4.55. The highest BCUT2D eigenvalue weighted by atomic mass is 16.5. The molecule has 0 saturated carbocycles. The van der Waals surface area contributed by atoms with Crippen LogP contribution in [0.4, 0.5) is 0 Å². The van der Waals surface area contributed by atoms with Crippen molar-refractivity contribution in [3.8, 4) is 17.1 Å². The number of rotatable bonds is 4. The average Bonchev–Trinajstić information content (AvgIpc) is 2.77. The molecule has 4 nitrogen and oxygen atoms in total. The Kier molecular flexibility index (Phi) is 3.67. The van der Waals surface area contributed by atoms with Crippen LogP contribution in [0.15, 0.2) is 34.9 Å². The van der Waals surface area contributed by atoms with Gasteiger partial charge in [-0.25, -0.2) is 4.98 Å². The maximum atomic E-state index is 5.72. The number of nitrogens with two attached hydrogens (primary N) is 1. The number of oxazole rings is 1. The summed E-state index contributed by atoms with van der Waals surface area (Å²) >= 11 is 0. The summed E-state index contributed by atoms with van der Waals surface area (Å²) in [6.07, 6.45) is 1.84. The molecule has 0 amide bonds. The van der Waals surface area contributed by atoms with Crippen molar-refractivity contribution in [2.24, 2.45) is 5.73 Å². The van der Waals surface area contributed by atoms with Crippen molar-refractivity contribution in [2.45, 2.75) is 32.9 Å². The van der Waals surface area contributed by atoms with Gasteiger partial charge in [0.1, 0.15) is 5.75 Å². The van der Waals surface area contributed by atoms with E-state index in [1.165, 1.54) is 0 Å². The van der Waals surface area contributed by atoms with Gasteiger partial charge >= 0.3 is 0 Å². The average molecular weight is 246 g/mol. The van der Waals surface area contributed by atoms with Gasteiger partial charge in [0.2, 0.25) is 5.89 Å². The standard InChI is InChI=1S/C14H18N2O2/c1-9(2)17-12-6-4-5-11(7-12)13-8-16-14(18-13)10(3)15/h4-10H,15H2,1-3H3. The summed E-state index contributed by atoms with van der Waals surface area (Å²) in [5.74, 6) is 2.07. The third-order valence-electron chi connectivity index (χ3n) is 2.40. The highest BCUT2D eigenvalue weighted by molar-refractivity contribution is 5.58. The van der Waals surface area contributed by atoms with Gasteiger partial charge in [0.05, 0.1) is 18.3 Å². The first-order valence-corrected chi connectivity index (χ1v) is 6.04. The van der Waals surface area contributed by atoms with Crippen molar-refractivity contribution in [1.29, 1.82) is 0 Å². The van der Waals surface area contributed by atoms with E-state index in [9.17, 15) is 0 Å². The summed E-state index contributed by atoms with van der Waals surface area (Å²) in [6, 6.07) is 7.55. The predicted molar refractivity (Wildman–Crippen MR) is 70.3 cm³/mol. The molecule has 0 spiro atoms. The topological polar surface area (TPSA) is 61.3 Å². The summed E-state index contributed by atoms with van der Waals surface area (Å²) in [4.78, 5) is 4.15. The fourth-order valence-electron chi connectivity index (χ4n) is 1.63. The molecule has 0 aliphatic carbocycles. The van der Waals surface area contributed by atoms with Crippen molar-refractivity contribution in [3.63, 3.8) is 0 Å². The molecule has 0 radical (unpaired) electrons. The van der Waals surface area contributed by atoms with Crippen LogP contribution >= 0.6 is 0 Å². The van der Waals surface area contributed by atoms with E-state index in [2.05, 4.69) is 4.98 Å². The smallest absolute Gasteiger partial charge is 0.211 e. The Morgan fingerprint density at radius 3 is 2.67 bits per heavy atom. The number of hydrogen-bond acceptors (Lipinski definition) is 4. The summed E-state index contributed by atoms with van der Waals surface area (Å²) < 4.78 is 11.2. The van der Waals surface area contributed by atoms with E-state index in [0.29, 0.717) is 11.7 Å². The first kappa shape index (κ1) is 12.6. The molecular weight excluding hydrogens is 228 g/mol. The third kappa shape index (κ3) is 2.90. The Morgan fingerprint density at radius 2 is 2.06 bits per heavy atom. The molecule has 0 aliphatic heterocycles. The molecule has 96 valence electrons. The van der Waals surface area contributed by atoms with Crippen LogP contribution in [0.3, 0.4) is 0 Å². The monoisotopic (exact) mass is 246 g/mol. The van der Waals surface area contributed by atoms with Gasteiger partial charge in [-0.1, -0.05) is 12.1 Å². The fraction of sp³-hybridized carbons (Fsp3) is 0.357. The zero-order valence-electron chi connectivity index (χ0n) is 10.9. The Labute approximate surface area is 107 Å². The van der Waals surface area contributed by atoms with Crippen molar-refractivity contribution >= 4 is 0 Å². The van der Waals surface area contributed by atoms with Gasteiger partial charge in [-0.2, -0.15) is 0 Å². The number of ether oxygens (including phenoxy) is 1. The molecule has 2 rings (SSSR count). The summed E-state index contributed by atoms with van der Waals surface area (Å²) in [6.45, 7) is 5.83. The van der Waals surface area contributed by atoms with E-state index in [1.54, 1.807) is 6.20 Å². The molecule has 2 aromatic rings. The Morgan fingerprint density at radius 1 is 1.28 bits per heavy atom. The van der Waals surface area contributed by atoms with Gasteiger partial charge in [0, 0.05) is 5.56 Å². The van der Waals surface area contributed by atoms with Crippen LogP contribution in [0.5, 0.6) is 5.75 Å². The van der Waals surface area contributed by atoms with Crippen molar-refractivity contribution in [1.82, 2.24) is 4.98 Å². The zero-order chi connectivity index (χ0) is 13.1. The first-order valence-electron chi connectivity index (χ1n) is 6.04. The van der Waals surface area contributed by atoms with Crippen LogP contribution in [-0.2, 0) is 0 Å². The molecule has 1 aromatic carbocycles. The van der Waals surface area contributed by atoms with Gasteiger partial charge < -0.3 is 14.9 Å². The van der Waals surface area contributed by atoms with Crippen molar-refractivity contribution in [2.75, 3.05) is 0 Å². The minimum absolute atomic E-state index is 0.148. The number of hydrogen-bond donors (Lipinski definition) is 1. The van der Waals surface area contributed by atoms with E-state index in [4.69, 9.17) is 14.9 Å². The second kappa shape index (κ2) is 5.23. The SMILES string of the molecule is CC(C)Oc1cccc(-c2cnc(C(C)N)o2)c1. The Bertz CT molecular complexity index is 518. The molecule has 1 unspecified atom stereocenters. The van der Waals surface area contributed by atoms with E-state index in [1.807, 2.05) is 45.0 Å². The molecule has 18 heavy (non-hydrogen) atoms.